The summed E-state index contributed by atoms with van der Waals surface area (Å²) in [5.74, 6) is -2.20. The van der Waals surface area contributed by atoms with Gasteiger partial charge >= 0.3 is 5.97 Å². The van der Waals surface area contributed by atoms with Gasteiger partial charge in [-0.25, -0.2) is 4.79 Å². The molecular formula is C15H15NO4. The molecule has 1 N–H and O–H groups in total. The van der Waals surface area contributed by atoms with E-state index in [1.807, 2.05) is 13.0 Å². The lowest BCUT2D eigenvalue weighted by molar-refractivity contribution is -0.131. The molecule has 0 aliphatic carbocycles. The van der Waals surface area contributed by atoms with E-state index in [4.69, 9.17) is 5.11 Å². The van der Waals surface area contributed by atoms with E-state index >= 15 is 0 Å². The van der Waals surface area contributed by atoms with E-state index < -0.39 is 17.7 Å². The molecule has 1 aliphatic rings. The highest BCUT2D eigenvalue weighted by Gasteiger charge is 2.35. The Morgan fingerprint density at radius 2 is 2.05 bits per heavy atom. The average molecular weight is 273 g/mol. The van der Waals surface area contributed by atoms with Gasteiger partial charge in [-0.2, -0.15) is 0 Å². The SMILES string of the molecule is CCc1ccc2c(c1)C(=O)C(=O)N2CC(C)=CC(=O)O. The Morgan fingerprint density at radius 1 is 1.35 bits per heavy atom. The Morgan fingerprint density at radius 3 is 2.65 bits per heavy atom. The quantitative estimate of drug-likeness (QED) is 0.670. The van der Waals surface area contributed by atoms with Crippen molar-refractivity contribution in [3.05, 3.63) is 41.0 Å². The van der Waals surface area contributed by atoms with E-state index in [9.17, 15) is 14.4 Å². The lowest BCUT2D eigenvalue weighted by atomic mass is 10.1. The number of carboxylic acids is 1. The number of Topliss-reactive ketones (excluding diaryl/α,β-unsaturated/α-hetero) is 1. The molecule has 5 heteroatoms. The maximum absolute atomic E-state index is 12.0. The van der Waals surface area contributed by atoms with Gasteiger partial charge in [0.2, 0.25) is 0 Å². The number of amides is 1. The van der Waals surface area contributed by atoms with Crippen LogP contribution in [0.3, 0.4) is 0 Å². The number of ketones is 1. The first kappa shape index (κ1) is 14.0. The highest BCUT2D eigenvalue weighted by atomic mass is 16.4. The number of hydrogen-bond acceptors (Lipinski definition) is 3. The van der Waals surface area contributed by atoms with Crippen LogP contribution in [-0.4, -0.2) is 29.3 Å². The molecule has 0 saturated carbocycles. The van der Waals surface area contributed by atoms with Crippen molar-refractivity contribution >= 4 is 23.3 Å². The largest absolute Gasteiger partial charge is 0.478 e. The molecule has 1 aromatic carbocycles. The Labute approximate surface area is 116 Å². The number of aryl methyl sites for hydroxylation is 1. The second kappa shape index (κ2) is 5.28. The molecule has 104 valence electrons. The number of carbonyl (C=O) groups excluding carboxylic acids is 2. The highest BCUT2D eigenvalue weighted by Crippen LogP contribution is 2.30. The van der Waals surface area contributed by atoms with Crippen LogP contribution in [-0.2, 0) is 16.0 Å². The van der Waals surface area contributed by atoms with Crippen molar-refractivity contribution in [1.82, 2.24) is 0 Å². The lowest BCUT2D eigenvalue weighted by Crippen LogP contribution is -2.31. The maximum atomic E-state index is 12.0. The predicted molar refractivity (Wildman–Crippen MR) is 73.9 cm³/mol. The van der Waals surface area contributed by atoms with Gasteiger partial charge in [-0.1, -0.05) is 13.0 Å². The number of benzene rings is 1. The summed E-state index contributed by atoms with van der Waals surface area (Å²) in [5.41, 5.74) is 2.45. The zero-order valence-electron chi connectivity index (χ0n) is 11.3. The summed E-state index contributed by atoms with van der Waals surface area (Å²) in [6.07, 6.45) is 1.82. The first-order valence-electron chi connectivity index (χ1n) is 6.33. The van der Waals surface area contributed by atoms with Crippen molar-refractivity contribution in [2.24, 2.45) is 0 Å². The summed E-state index contributed by atoms with van der Waals surface area (Å²) < 4.78 is 0. The monoisotopic (exact) mass is 273 g/mol. The normalized spacial score (nSPS) is 14.7. The van der Waals surface area contributed by atoms with E-state index in [0.717, 1.165) is 18.1 Å². The van der Waals surface area contributed by atoms with E-state index in [2.05, 4.69) is 0 Å². The highest BCUT2D eigenvalue weighted by molar-refractivity contribution is 6.52. The van der Waals surface area contributed by atoms with Crippen molar-refractivity contribution in [2.45, 2.75) is 20.3 Å². The zero-order chi connectivity index (χ0) is 14.9. The van der Waals surface area contributed by atoms with Gasteiger partial charge in [0.15, 0.2) is 0 Å². The minimum Gasteiger partial charge on any atom is -0.478 e. The minimum absolute atomic E-state index is 0.106. The Kier molecular flexibility index (Phi) is 3.70. The van der Waals surface area contributed by atoms with Crippen LogP contribution in [0.1, 0.15) is 29.8 Å². The van der Waals surface area contributed by atoms with Crippen LogP contribution < -0.4 is 4.90 Å². The molecule has 1 amide bonds. The van der Waals surface area contributed by atoms with Crippen molar-refractivity contribution in [2.75, 3.05) is 11.4 Å². The number of carboxylic acid groups (broad SMARTS) is 1. The number of hydrogen-bond donors (Lipinski definition) is 1. The summed E-state index contributed by atoms with van der Waals surface area (Å²) in [4.78, 5) is 35.9. The number of rotatable bonds is 4. The van der Waals surface area contributed by atoms with Gasteiger partial charge in [0, 0.05) is 12.6 Å². The van der Waals surface area contributed by atoms with Gasteiger partial charge in [0.1, 0.15) is 0 Å². The average Bonchev–Trinajstić information content (AvgIpc) is 2.62. The van der Waals surface area contributed by atoms with Gasteiger partial charge in [0.05, 0.1) is 11.3 Å². The van der Waals surface area contributed by atoms with Gasteiger partial charge in [-0.3, -0.25) is 9.59 Å². The van der Waals surface area contributed by atoms with Gasteiger partial charge in [0.25, 0.3) is 11.7 Å². The molecule has 0 aromatic heterocycles. The predicted octanol–water partition coefficient (Wildman–Crippen LogP) is 1.81. The van der Waals surface area contributed by atoms with E-state index in [-0.39, 0.29) is 6.54 Å². The molecule has 0 saturated heterocycles. The first-order chi connectivity index (χ1) is 9.43. The van der Waals surface area contributed by atoms with Crippen molar-refractivity contribution < 1.29 is 19.5 Å². The first-order valence-corrected chi connectivity index (χ1v) is 6.33. The topological polar surface area (TPSA) is 74.7 Å². The zero-order valence-corrected chi connectivity index (χ0v) is 11.3. The number of nitrogens with zero attached hydrogens (tertiary/aromatic N) is 1. The molecule has 1 aliphatic heterocycles. The van der Waals surface area contributed by atoms with Crippen LogP contribution in [0.5, 0.6) is 0 Å². The molecular weight excluding hydrogens is 258 g/mol. The summed E-state index contributed by atoms with van der Waals surface area (Å²) in [6.45, 7) is 3.69. The van der Waals surface area contributed by atoms with Gasteiger partial charge in [-0.05, 0) is 36.6 Å². The minimum atomic E-state index is -1.07. The number of carbonyl (C=O) groups is 3. The summed E-state index contributed by atoms with van der Waals surface area (Å²) in [6, 6.07) is 5.34. The van der Waals surface area contributed by atoms with Crippen LogP contribution in [0.25, 0.3) is 0 Å². The van der Waals surface area contributed by atoms with Crippen molar-refractivity contribution in [3.63, 3.8) is 0 Å². The Bertz CT molecular complexity index is 631. The van der Waals surface area contributed by atoms with Crippen LogP contribution in [0.15, 0.2) is 29.8 Å². The fraction of sp³-hybridized carbons (Fsp3) is 0.267. The third kappa shape index (κ3) is 2.47. The van der Waals surface area contributed by atoms with Crippen molar-refractivity contribution in [3.8, 4) is 0 Å². The summed E-state index contributed by atoms with van der Waals surface area (Å²) in [7, 11) is 0. The van der Waals surface area contributed by atoms with Gasteiger partial charge < -0.3 is 10.0 Å². The van der Waals surface area contributed by atoms with E-state index in [0.29, 0.717) is 16.8 Å². The van der Waals surface area contributed by atoms with Crippen LogP contribution >= 0.6 is 0 Å². The fourth-order valence-corrected chi connectivity index (χ4v) is 2.23. The van der Waals surface area contributed by atoms with Crippen LogP contribution in [0, 0.1) is 0 Å². The molecule has 1 aromatic rings. The number of anilines is 1. The Hall–Kier alpha value is -2.43. The van der Waals surface area contributed by atoms with Crippen LogP contribution in [0.2, 0.25) is 0 Å². The molecule has 2 rings (SSSR count). The fourth-order valence-electron chi connectivity index (χ4n) is 2.23. The second-order valence-corrected chi connectivity index (χ2v) is 4.75. The van der Waals surface area contributed by atoms with Crippen LogP contribution in [0.4, 0.5) is 5.69 Å². The summed E-state index contributed by atoms with van der Waals surface area (Å²) >= 11 is 0. The molecule has 0 bridgehead atoms. The molecule has 0 spiro atoms. The standard InChI is InChI=1S/C15H15NO4/c1-3-10-4-5-12-11(7-10)14(19)15(20)16(12)8-9(2)6-13(17)18/h4-7H,3,8H2,1-2H3,(H,17,18). The Balaban J connectivity index is 2.36. The molecule has 0 radical (unpaired) electrons. The summed E-state index contributed by atoms with van der Waals surface area (Å²) in [5, 5.41) is 8.69. The third-order valence-electron chi connectivity index (χ3n) is 3.22. The smallest absolute Gasteiger partial charge is 0.328 e. The molecule has 0 fully saturated rings. The third-order valence-corrected chi connectivity index (χ3v) is 3.22. The van der Waals surface area contributed by atoms with E-state index in [1.165, 1.54) is 4.90 Å². The number of aliphatic carboxylic acids is 1. The molecule has 20 heavy (non-hydrogen) atoms. The molecule has 0 unspecified atom stereocenters. The van der Waals surface area contributed by atoms with E-state index in [1.54, 1.807) is 19.1 Å². The molecule has 5 nitrogen and oxygen atoms in total. The molecule has 0 atom stereocenters. The maximum Gasteiger partial charge on any atom is 0.328 e. The van der Waals surface area contributed by atoms with Gasteiger partial charge in [-0.15, -0.1) is 0 Å². The molecule has 1 heterocycles. The number of fused-ring (bicyclic) bond motifs is 1. The second-order valence-electron chi connectivity index (χ2n) is 4.75. The lowest BCUT2D eigenvalue weighted by Gasteiger charge is -2.16. The van der Waals surface area contributed by atoms with Crippen molar-refractivity contribution in [1.29, 1.82) is 0 Å².